The molecule has 0 aliphatic rings. The molecule has 29 heavy (non-hydrogen) atoms. The lowest BCUT2D eigenvalue weighted by atomic mass is 10.0. The monoisotopic (exact) mass is 413 g/mol. The molecule has 1 heterocycles. The highest BCUT2D eigenvalue weighted by atomic mass is 35.5. The van der Waals surface area contributed by atoms with Crippen molar-refractivity contribution in [3.63, 3.8) is 0 Å². The molecule has 3 rings (SSSR count). The fourth-order valence-electron chi connectivity index (χ4n) is 3.38. The van der Waals surface area contributed by atoms with Gasteiger partial charge in [-0.15, -0.1) is 0 Å². The van der Waals surface area contributed by atoms with E-state index < -0.39 is 5.63 Å². The Hall–Kier alpha value is -2.79. The van der Waals surface area contributed by atoms with E-state index in [9.17, 15) is 9.59 Å². The number of carbonyl (C=O) groups is 1. The highest BCUT2D eigenvalue weighted by Crippen LogP contribution is 2.25. The summed E-state index contributed by atoms with van der Waals surface area (Å²) < 4.78 is 10.6. The van der Waals surface area contributed by atoms with E-state index in [4.69, 9.17) is 20.8 Å². The third-order valence-corrected chi connectivity index (χ3v) is 5.66. The Morgan fingerprint density at radius 1 is 1.21 bits per heavy atom. The van der Waals surface area contributed by atoms with Gasteiger partial charge in [0.25, 0.3) is 0 Å². The lowest BCUT2D eigenvalue weighted by molar-refractivity contribution is -0.131. The lowest BCUT2D eigenvalue weighted by Crippen LogP contribution is -2.30. The number of aryl methyl sites for hydroxylation is 1. The first-order valence-corrected chi connectivity index (χ1v) is 9.81. The molecule has 1 amide bonds. The number of rotatable bonds is 6. The minimum absolute atomic E-state index is 0.0407. The number of fused-ring (bicyclic) bond motifs is 1. The molecule has 0 aliphatic carbocycles. The van der Waals surface area contributed by atoms with Gasteiger partial charge in [0.2, 0.25) is 5.91 Å². The molecule has 0 fully saturated rings. The van der Waals surface area contributed by atoms with E-state index in [-0.39, 0.29) is 18.4 Å². The van der Waals surface area contributed by atoms with E-state index in [1.54, 1.807) is 25.1 Å². The van der Waals surface area contributed by atoms with Gasteiger partial charge in [-0.05, 0) is 55.7 Å². The predicted molar refractivity (Wildman–Crippen MR) is 115 cm³/mol. The molecule has 1 aromatic heterocycles. The highest BCUT2D eigenvalue weighted by molar-refractivity contribution is 6.30. The quantitative estimate of drug-likeness (QED) is 0.538. The van der Waals surface area contributed by atoms with Crippen LogP contribution in [-0.2, 0) is 11.2 Å². The van der Waals surface area contributed by atoms with Crippen LogP contribution in [0.1, 0.15) is 36.1 Å². The standard InChI is InChI=1S/C23H24ClNO4/c1-14-19-10-9-18(28-4)13-21(19)29-23(27)20(14)11-12-22(26)25(3)15(2)16-5-7-17(24)8-6-16/h5-10,13,15H,11-12H2,1-4H3. The zero-order valence-electron chi connectivity index (χ0n) is 17.0. The van der Waals surface area contributed by atoms with Crippen molar-refractivity contribution in [2.45, 2.75) is 32.7 Å². The van der Waals surface area contributed by atoms with Crippen molar-refractivity contribution in [2.24, 2.45) is 0 Å². The van der Waals surface area contributed by atoms with Crippen molar-refractivity contribution in [1.29, 1.82) is 0 Å². The summed E-state index contributed by atoms with van der Waals surface area (Å²) in [5, 5.41) is 1.50. The van der Waals surface area contributed by atoms with Crippen LogP contribution in [0.25, 0.3) is 11.0 Å². The lowest BCUT2D eigenvalue weighted by Gasteiger charge is -2.25. The Kier molecular flexibility index (Phi) is 6.28. The van der Waals surface area contributed by atoms with E-state index in [1.165, 1.54) is 0 Å². The Balaban J connectivity index is 1.76. The summed E-state index contributed by atoms with van der Waals surface area (Å²) in [6.07, 6.45) is 0.550. The maximum Gasteiger partial charge on any atom is 0.339 e. The Morgan fingerprint density at radius 3 is 2.55 bits per heavy atom. The first-order chi connectivity index (χ1) is 13.8. The topological polar surface area (TPSA) is 59.8 Å². The maximum atomic E-state index is 12.7. The summed E-state index contributed by atoms with van der Waals surface area (Å²) in [5.74, 6) is 0.585. The van der Waals surface area contributed by atoms with Gasteiger partial charge in [0.1, 0.15) is 11.3 Å². The van der Waals surface area contributed by atoms with Gasteiger partial charge in [0.15, 0.2) is 0 Å². The normalized spacial score (nSPS) is 12.0. The van der Waals surface area contributed by atoms with Crippen LogP contribution in [0.3, 0.4) is 0 Å². The number of nitrogens with zero attached hydrogens (tertiary/aromatic N) is 1. The van der Waals surface area contributed by atoms with E-state index in [0.29, 0.717) is 28.3 Å². The molecule has 0 spiro atoms. The van der Waals surface area contributed by atoms with Gasteiger partial charge < -0.3 is 14.1 Å². The third kappa shape index (κ3) is 4.46. The van der Waals surface area contributed by atoms with Crippen LogP contribution in [0, 0.1) is 6.92 Å². The van der Waals surface area contributed by atoms with Crippen LogP contribution in [0.15, 0.2) is 51.7 Å². The number of amides is 1. The Morgan fingerprint density at radius 2 is 1.90 bits per heavy atom. The van der Waals surface area contributed by atoms with Crippen LogP contribution in [-0.4, -0.2) is 25.0 Å². The fourth-order valence-corrected chi connectivity index (χ4v) is 3.51. The second kappa shape index (κ2) is 8.70. The fraction of sp³-hybridized carbons (Fsp3) is 0.304. The second-order valence-corrected chi connectivity index (χ2v) is 7.52. The van der Waals surface area contributed by atoms with Crippen molar-refractivity contribution >= 4 is 28.5 Å². The van der Waals surface area contributed by atoms with Gasteiger partial charge in [-0.3, -0.25) is 4.79 Å². The van der Waals surface area contributed by atoms with E-state index in [1.807, 2.05) is 50.2 Å². The molecule has 6 heteroatoms. The predicted octanol–water partition coefficient (Wildman–Crippen LogP) is 4.92. The molecular weight excluding hydrogens is 390 g/mol. The van der Waals surface area contributed by atoms with Crippen molar-refractivity contribution in [3.05, 3.63) is 74.6 Å². The molecule has 152 valence electrons. The number of hydrogen-bond donors (Lipinski definition) is 0. The number of ether oxygens (including phenoxy) is 1. The SMILES string of the molecule is COc1ccc2c(C)c(CCC(=O)N(C)C(C)c3ccc(Cl)cc3)c(=O)oc2c1. The smallest absolute Gasteiger partial charge is 0.339 e. The van der Waals surface area contributed by atoms with Crippen molar-refractivity contribution in [3.8, 4) is 5.75 Å². The highest BCUT2D eigenvalue weighted by Gasteiger charge is 2.19. The second-order valence-electron chi connectivity index (χ2n) is 7.09. The van der Waals surface area contributed by atoms with Crippen LogP contribution < -0.4 is 10.4 Å². The maximum absolute atomic E-state index is 12.7. The van der Waals surface area contributed by atoms with E-state index in [0.717, 1.165) is 16.5 Å². The third-order valence-electron chi connectivity index (χ3n) is 5.41. The van der Waals surface area contributed by atoms with Crippen LogP contribution in [0.5, 0.6) is 5.75 Å². The molecule has 1 atom stereocenters. The first-order valence-electron chi connectivity index (χ1n) is 9.43. The van der Waals surface area contributed by atoms with Gasteiger partial charge in [-0.2, -0.15) is 0 Å². The molecule has 3 aromatic rings. The van der Waals surface area contributed by atoms with E-state index in [2.05, 4.69) is 0 Å². The molecule has 0 bridgehead atoms. The van der Waals surface area contributed by atoms with Gasteiger partial charge >= 0.3 is 5.63 Å². The van der Waals surface area contributed by atoms with E-state index >= 15 is 0 Å². The zero-order valence-corrected chi connectivity index (χ0v) is 17.7. The first kappa shape index (κ1) is 20.9. The molecular formula is C23H24ClNO4. The molecule has 0 saturated carbocycles. The summed E-state index contributed by atoms with van der Waals surface area (Å²) in [5.41, 5.74) is 2.43. The summed E-state index contributed by atoms with van der Waals surface area (Å²) in [6, 6.07) is 12.7. The minimum Gasteiger partial charge on any atom is -0.497 e. The van der Waals surface area contributed by atoms with Gasteiger partial charge in [0.05, 0.1) is 13.2 Å². The molecule has 0 aliphatic heterocycles. The van der Waals surface area contributed by atoms with Crippen LogP contribution >= 0.6 is 11.6 Å². The number of carbonyl (C=O) groups excluding carboxylic acids is 1. The molecule has 0 radical (unpaired) electrons. The summed E-state index contributed by atoms with van der Waals surface area (Å²) in [4.78, 5) is 26.9. The molecule has 1 unspecified atom stereocenters. The van der Waals surface area contributed by atoms with Crippen molar-refractivity contribution in [2.75, 3.05) is 14.2 Å². The van der Waals surface area contributed by atoms with Crippen LogP contribution in [0.4, 0.5) is 0 Å². The summed E-state index contributed by atoms with van der Waals surface area (Å²) in [6.45, 7) is 3.84. The largest absolute Gasteiger partial charge is 0.497 e. The number of hydrogen-bond acceptors (Lipinski definition) is 4. The summed E-state index contributed by atoms with van der Waals surface area (Å²) >= 11 is 5.94. The molecule has 2 aromatic carbocycles. The Labute approximate surface area is 174 Å². The van der Waals surface area contributed by atoms with Crippen molar-refractivity contribution in [1.82, 2.24) is 4.90 Å². The average molecular weight is 414 g/mol. The number of halogens is 1. The van der Waals surface area contributed by atoms with Gasteiger partial charge in [-0.25, -0.2) is 4.79 Å². The number of methoxy groups -OCH3 is 1. The minimum atomic E-state index is -0.413. The van der Waals surface area contributed by atoms with Gasteiger partial charge in [0, 0.05) is 35.5 Å². The summed E-state index contributed by atoms with van der Waals surface area (Å²) in [7, 11) is 3.33. The van der Waals surface area contributed by atoms with Crippen molar-refractivity contribution < 1.29 is 13.9 Å². The average Bonchev–Trinajstić information content (AvgIpc) is 2.72. The number of benzene rings is 2. The van der Waals surface area contributed by atoms with Gasteiger partial charge in [-0.1, -0.05) is 23.7 Å². The Bertz CT molecular complexity index is 1090. The molecule has 5 nitrogen and oxygen atoms in total. The molecule has 0 saturated heterocycles. The molecule has 0 N–H and O–H groups in total. The zero-order chi connectivity index (χ0) is 21.1. The van der Waals surface area contributed by atoms with Crippen LogP contribution in [0.2, 0.25) is 5.02 Å².